The third kappa shape index (κ3) is 2.93. The van der Waals surface area contributed by atoms with E-state index in [0.717, 1.165) is 35.7 Å². The lowest BCUT2D eigenvalue weighted by atomic mass is 10.2. The highest BCUT2D eigenvalue weighted by molar-refractivity contribution is 5.13. The summed E-state index contributed by atoms with van der Waals surface area (Å²) in [5.41, 5.74) is -1.18. The molecule has 1 atom stereocenters. The van der Waals surface area contributed by atoms with Crippen LogP contribution in [-0.2, 0) is 12.7 Å². The highest BCUT2D eigenvalue weighted by Gasteiger charge is 2.33. The number of hydrogen-bond acceptors (Lipinski definition) is 2. The molecule has 0 bridgehead atoms. The molecule has 1 unspecified atom stereocenters. The maximum absolute atomic E-state index is 12.6. The van der Waals surface area contributed by atoms with Crippen molar-refractivity contribution in [3.63, 3.8) is 0 Å². The number of rotatable bonds is 4. The van der Waals surface area contributed by atoms with Crippen LogP contribution in [0.25, 0.3) is 0 Å². The summed E-state index contributed by atoms with van der Waals surface area (Å²) in [6.45, 7) is 0.282. The lowest BCUT2D eigenvalue weighted by Crippen LogP contribution is -2.36. The number of pyridine rings is 1. The second-order valence-corrected chi connectivity index (χ2v) is 4.64. The number of halogens is 3. The van der Waals surface area contributed by atoms with Gasteiger partial charge in [0.05, 0.1) is 5.56 Å². The van der Waals surface area contributed by atoms with Crippen molar-refractivity contribution in [1.29, 1.82) is 0 Å². The molecule has 1 aliphatic rings. The molecule has 1 heterocycles. The lowest BCUT2D eigenvalue weighted by Gasteiger charge is -2.18. The zero-order valence-corrected chi connectivity index (χ0v) is 10.00. The quantitative estimate of drug-likeness (QED) is 0.896. The van der Waals surface area contributed by atoms with Crippen molar-refractivity contribution in [2.45, 2.75) is 31.6 Å². The van der Waals surface area contributed by atoms with Gasteiger partial charge in [-0.15, -0.1) is 0 Å². The molecular weight excluding hydrogens is 245 g/mol. The molecule has 1 aliphatic carbocycles. The standard InChI is InChI=1S/C12H15F3N2O/c1-16-10(8-2-3-8)7-17-6-9(12(13,14)15)4-5-11(17)18/h4-6,8,10,16H,2-3,7H2,1H3. The third-order valence-electron chi connectivity index (χ3n) is 3.27. The Hall–Kier alpha value is -1.30. The minimum atomic E-state index is -4.41. The zero-order valence-electron chi connectivity index (χ0n) is 10.00. The normalized spacial score (nSPS) is 17.8. The van der Waals surface area contributed by atoms with Crippen LogP contribution in [-0.4, -0.2) is 17.7 Å². The van der Waals surface area contributed by atoms with Crippen LogP contribution in [0.2, 0.25) is 0 Å². The minimum absolute atomic E-state index is 0.0613. The van der Waals surface area contributed by atoms with Gasteiger partial charge in [0.15, 0.2) is 0 Å². The van der Waals surface area contributed by atoms with Gasteiger partial charge >= 0.3 is 6.18 Å². The summed E-state index contributed by atoms with van der Waals surface area (Å²) < 4.78 is 38.8. The fraction of sp³-hybridized carbons (Fsp3) is 0.583. The summed E-state index contributed by atoms with van der Waals surface area (Å²) in [7, 11) is 1.77. The van der Waals surface area contributed by atoms with Crippen molar-refractivity contribution in [2.75, 3.05) is 7.05 Å². The SMILES string of the molecule is CNC(Cn1cc(C(F)(F)F)ccc1=O)C1CC1. The first-order valence-corrected chi connectivity index (χ1v) is 5.87. The van der Waals surface area contributed by atoms with Gasteiger partial charge in [-0.1, -0.05) is 0 Å². The molecule has 0 aliphatic heterocycles. The van der Waals surface area contributed by atoms with Crippen LogP contribution in [0.3, 0.4) is 0 Å². The van der Waals surface area contributed by atoms with Crippen LogP contribution in [0.1, 0.15) is 18.4 Å². The molecule has 3 nitrogen and oxygen atoms in total. The van der Waals surface area contributed by atoms with E-state index >= 15 is 0 Å². The molecule has 1 aromatic heterocycles. The molecule has 0 spiro atoms. The van der Waals surface area contributed by atoms with Gasteiger partial charge in [0.2, 0.25) is 0 Å². The maximum atomic E-state index is 12.6. The molecule has 0 radical (unpaired) electrons. The summed E-state index contributed by atoms with van der Waals surface area (Å²) in [5, 5.41) is 3.06. The van der Waals surface area contributed by atoms with Crippen LogP contribution >= 0.6 is 0 Å². The van der Waals surface area contributed by atoms with E-state index in [9.17, 15) is 18.0 Å². The first-order chi connectivity index (χ1) is 8.41. The van der Waals surface area contributed by atoms with E-state index in [0.29, 0.717) is 5.92 Å². The molecule has 0 saturated heterocycles. The van der Waals surface area contributed by atoms with Crippen molar-refractivity contribution >= 4 is 0 Å². The predicted octanol–water partition coefficient (Wildman–Crippen LogP) is 1.87. The van der Waals surface area contributed by atoms with Crippen LogP contribution in [0.15, 0.2) is 23.1 Å². The fourth-order valence-electron chi connectivity index (χ4n) is 2.03. The zero-order chi connectivity index (χ0) is 13.3. The molecule has 18 heavy (non-hydrogen) atoms. The van der Waals surface area contributed by atoms with Gasteiger partial charge < -0.3 is 9.88 Å². The molecule has 100 valence electrons. The van der Waals surface area contributed by atoms with Crippen LogP contribution in [0, 0.1) is 5.92 Å². The number of aromatic nitrogens is 1. The lowest BCUT2D eigenvalue weighted by molar-refractivity contribution is -0.138. The summed E-state index contributed by atoms with van der Waals surface area (Å²) >= 11 is 0. The van der Waals surface area contributed by atoms with Gasteiger partial charge in [-0.2, -0.15) is 13.2 Å². The van der Waals surface area contributed by atoms with E-state index in [-0.39, 0.29) is 12.6 Å². The van der Waals surface area contributed by atoms with E-state index in [2.05, 4.69) is 5.32 Å². The molecule has 1 N–H and O–H groups in total. The molecule has 1 aromatic rings. The predicted molar refractivity (Wildman–Crippen MR) is 61.3 cm³/mol. The Morgan fingerprint density at radius 3 is 2.61 bits per heavy atom. The molecule has 0 aromatic carbocycles. The van der Waals surface area contributed by atoms with Crippen molar-refractivity contribution in [3.05, 3.63) is 34.2 Å². The highest BCUT2D eigenvalue weighted by atomic mass is 19.4. The Labute approximate surface area is 103 Å². The van der Waals surface area contributed by atoms with Gasteiger partial charge in [-0.25, -0.2) is 0 Å². The Morgan fingerprint density at radius 2 is 2.11 bits per heavy atom. The van der Waals surface area contributed by atoms with E-state index in [1.165, 1.54) is 0 Å². The maximum Gasteiger partial charge on any atom is 0.417 e. The fourth-order valence-corrected chi connectivity index (χ4v) is 2.03. The van der Waals surface area contributed by atoms with Crippen LogP contribution in [0.4, 0.5) is 13.2 Å². The largest absolute Gasteiger partial charge is 0.417 e. The van der Waals surface area contributed by atoms with E-state index in [1.54, 1.807) is 7.05 Å². The van der Waals surface area contributed by atoms with Crippen molar-refractivity contribution < 1.29 is 13.2 Å². The monoisotopic (exact) mass is 260 g/mol. The van der Waals surface area contributed by atoms with Gasteiger partial charge in [0.25, 0.3) is 5.56 Å². The first kappa shape index (κ1) is 13.1. The summed E-state index contributed by atoms with van der Waals surface area (Å²) in [4.78, 5) is 11.6. The topological polar surface area (TPSA) is 34.0 Å². The average molecular weight is 260 g/mol. The first-order valence-electron chi connectivity index (χ1n) is 5.87. The van der Waals surface area contributed by atoms with Crippen molar-refractivity contribution in [3.8, 4) is 0 Å². The molecule has 1 saturated carbocycles. The van der Waals surface area contributed by atoms with E-state index in [4.69, 9.17) is 0 Å². The molecule has 2 rings (SSSR count). The minimum Gasteiger partial charge on any atom is -0.315 e. The molecular formula is C12H15F3N2O. The Kier molecular flexibility index (Phi) is 3.47. The molecule has 0 amide bonds. The summed E-state index contributed by atoms with van der Waals surface area (Å²) in [6.07, 6.45) is -1.38. The second kappa shape index (κ2) is 4.76. The highest BCUT2D eigenvalue weighted by Crippen LogP contribution is 2.33. The Bertz CT molecular complexity index is 477. The summed E-state index contributed by atoms with van der Waals surface area (Å²) in [5.74, 6) is 0.469. The number of nitrogens with zero attached hydrogens (tertiary/aromatic N) is 1. The van der Waals surface area contributed by atoms with Gasteiger partial charge in [-0.3, -0.25) is 4.79 Å². The number of hydrogen-bond donors (Lipinski definition) is 1. The van der Waals surface area contributed by atoms with E-state index < -0.39 is 17.3 Å². The molecule has 1 fully saturated rings. The number of alkyl halides is 3. The smallest absolute Gasteiger partial charge is 0.315 e. The second-order valence-electron chi connectivity index (χ2n) is 4.64. The summed E-state index contributed by atoms with van der Waals surface area (Å²) in [6, 6.07) is 1.86. The van der Waals surface area contributed by atoms with Crippen LogP contribution < -0.4 is 10.9 Å². The Morgan fingerprint density at radius 1 is 1.44 bits per heavy atom. The van der Waals surface area contributed by atoms with Crippen molar-refractivity contribution in [2.24, 2.45) is 5.92 Å². The van der Waals surface area contributed by atoms with Gasteiger partial charge in [-0.05, 0) is 31.9 Å². The third-order valence-corrected chi connectivity index (χ3v) is 3.27. The van der Waals surface area contributed by atoms with Crippen molar-refractivity contribution in [1.82, 2.24) is 9.88 Å². The van der Waals surface area contributed by atoms with E-state index in [1.807, 2.05) is 0 Å². The average Bonchev–Trinajstić information content (AvgIpc) is 3.10. The van der Waals surface area contributed by atoms with Crippen LogP contribution in [0.5, 0.6) is 0 Å². The molecule has 6 heteroatoms. The van der Waals surface area contributed by atoms with Gasteiger partial charge in [0.1, 0.15) is 0 Å². The number of nitrogens with one attached hydrogen (secondary N) is 1. The van der Waals surface area contributed by atoms with Gasteiger partial charge in [0, 0.05) is 24.8 Å². The number of likely N-dealkylation sites (N-methyl/N-ethyl adjacent to an activating group) is 1. The Balaban J connectivity index is 2.23.